The summed E-state index contributed by atoms with van der Waals surface area (Å²) in [6.07, 6.45) is 5.93. The average Bonchev–Trinajstić information content (AvgIpc) is 3.21. The first-order chi connectivity index (χ1) is 15.4. The van der Waals surface area contributed by atoms with Crippen molar-refractivity contribution in [3.8, 4) is 11.5 Å². The number of benzene rings is 1. The molecule has 0 spiro atoms. The third-order valence-electron chi connectivity index (χ3n) is 4.56. The molecule has 172 valence electrons. The maximum absolute atomic E-state index is 12.9. The lowest BCUT2D eigenvalue weighted by Gasteiger charge is -2.18. The van der Waals surface area contributed by atoms with E-state index in [0.29, 0.717) is 34.6 Å². The molecule has 2 heterocycles. The van der Waals surface area contributed by atoms with Crippen LogP contribution in [0.4, 0.5) is 17.6 Å². The zero-order chi connectivity index (χ0) is 23.1. The Bertz CT molecular complexity index is 1000. The Kier molecular flexibility index (Phi) is 8.23. The number of pyridine rings is 1. The Hall–Kier alpha value is -2.92. The first-order valence-electron chi connectivity index (χ1n) is 9.62. The maximum Gasteiger partial charge on any atom is 0.387 e. The summed E-state index contributed by atoms with van der Waals surface area (Å²) >= 11 is 1.40. The second-order valence-electron chi connectivity index (χ2n) is 6.78. The normalized spacial score (nSPS) is 12.3. The molecule has 0 amide bonds. The Morgan fingerprint density at radius 2 is 1.72 bits per heavy atom. The molecule has 1 atom stereocenters. The van der Waals surface area contributed by atoms with E-state index < -0.39 is 30.6 Å². The third-order valence-corrected chi connectivity index (χ3v) is 5.73. The number of aliphatic hydroxyl groups excluding tert-OH is 1. The van der Waals surface area contributed by atoms with Gasteiger partial charge < -0.3 is 19.8 Å². The summed E-state index contributed by atoms with van der Waals surface area (Å²) < 4.78 is 60.4. The van der Waals surface area contributed by atoms with Crippen molar-refractivity contribution >= 4 is 11.3 Å². The molecule has 0 aliphatic carbocycles. The van der Waals surface area contributed by atoms with E-state index in [0.717, 1.165) is 16.5 Å². The van der Waals surface area contributed by atoms with Gasteiger partial charge in [-0.05, 0) is 42.5 Å². The van der Waals surface area contributed by atoms with E-state index in [1.165, 1.54) is 35.9 Å². The maximum atomic E-state index is 12.9. The average molecular weight is 472 g/mol. The Morgan fingerprint density at radius 1 is 1.03 bits per heavy atom. The number of aromatic nitrogens is 2. The van der Waals surface area contributed by atoms with E-state index in [2.05, 4.69) is 14.5 Å². The number of aryl methyl sites for hydroxylation is 1. The van der Waals surface area contributed by atoms with Crippen LogP contribution in [0.5, 0.6) is 11.5 Å². The van der Waals surface area contributed by atoms with Gasteiger partial charge in [-0.15, -0.1) is 11.3 Å². The molecule has 0 bridgehead atoms. The first kappa shape index (κ1) is 23.7. The minimum atomic E-state index is -3.23. The van der Waals surface area contributed by atoms with E-state index in [4.69, 9.17) is 5.11 Å². The lowest BCUT2D eigenvalue weighted by molar-refractivity contribution is -0.605. The van der Waals surface area contributed by atoms with Gasteiger partial charge in [0.2, 0.25) is 0 Å². The van der Waals surface area contributed by atoms with Crippen molar-refractivity contribution in [2.75, 3.05) is 6.61 Å². The number of hydrogen-bond donors (Lipinski definition) is 1. The summed E-state index contributed by atoms with van der Waals surface area (Å²) in [4.78, 5) is 5.39. The van der Waals surface area contributed by atoms with Gasteiger partial charge in [0.05, 0.1) is 0 Å². The molecule has 1 aromatic carbocycles. The smallest absolute Gasteiger partial charge is 0.387 e. The van der Waals surface area contributed by atoms with Crippen molar-refractivity contribution in [2.45, 2.75) is 38.4 Å². The van der Waals surface area contributed by atoms with Crippen LogP contribution in [0.1, 0.15) is 33.4 Å². The fourth-order valence-corrected chi connectivity index (χ4v) is 4.23. The number of aliphatic hydroxyl groups is 1. The van der Waals surface area contributed by atoms with Crippen molar-refractivity contribution in [2.24, 2.45) is 0 Å². The highest BCUT2D eigenvalue weighted by Gasteiger charge is 2.23. The van der Waals surface area contributed by atoms with Crippen LogP contribution in [0.3, 0.4) is 0 Å². The molecule has 3 aromatic rings. The fourth-order valence-electron chi connectivity index (χ4n) is 3.14. The minimum absolute atomic E-state index is 0.0375. The van der Waals surface area contributed by atoms with Crippen LogP contribution < -0.4 is 14.2 Å². The van der Waals surface area contributed by atoms with Crippen LogP contribution in [0.25, 0.3) is 0 Å². The van der Waals surface area contributed by atoms with Crippen molar-refractivity contribution < 1.29 is 36.9 Å². The summed E-state index contributed by atoms with van der Waals surface area (Å²) in [5, 5.41) is 21.1. The van der Waals surface area contributed by atoms with Crippen LogP contribution in [0, 0.1) is 5.21 Å². The summed E-state index contributed by atoms with van der Waals surface area (Å²) in [5.74, 6) is -1.44. The molecule has 1 unspecified atom stereocenters. The molecule has 32 heavy (non-hydrogen) atoms. The lowest BCUT2D eigenvalue weighted by Crippen LogP contribution is -2.24. The largest absolute Gasteiger partial charge is 0.619 e. The van der Waals surface area contributed by atoms with Gasteiger partial charge in [-0.2, -0.15) is 22.3 Å². The summed E-state index contributed by atoms with van der Waals surface area (Å²) in [6.45, 7) is -6.39. The molecule has 0 radical (unpaired) electrons. The number of rotatable bonds is 11. The Balaban J connectivity index is 1.99. The number of halogens is 4. The minimum Gasteiger partial charge on any atom is -0.619 e. The number of nitrogens with zero attached hydrogens (tertiary/aromatic N) is 2. The molecule has 0 aliphatic rings. The van der Waals surface area contributed by atoms with Crippen LogP contribution in [-0.4, -0.2) is 29.9 Å². The molecule has 1 N–H and O–H groups in total. The lowest BCUT2D eigenvalue weighted by atomic mass is 9.92. The van der Waals surface area contributed by atoms with Crippen molar-refractivity contribution in [3.05, 3.63) is 75.1 Å². The second-order valence-corrected chi connectivity index (χ2v) is 7.92. The van der Waals surface area contributed by atoms with Gasteiger partial charge in [0, 0.05) is 35.7 Å². The van der Waals surface area contributed by atoms with Crippen LogP contribution >= 0.6 is 11.3 Å². The van der Waals surface area contributed by atoms with Gasteiger partial charge >= 0.3 is 13.2 Å². The van der Waals surface area contributed by atoms with Crippen LogP contribution in [0.2, 0.25) is 0 Å². The van der Waals surface area contributed by atoms with Crippen LogP contribution in [0.15, 0.2) is 48.9 Å². The van der Waals surface area contributed by atoms with Gasteiger partial charge in [0.25, 0.3) is 0 Å². The monoisotopic (exact) mass is 472 g/mol. The summed E-state index contributed by atoms with van der Waals surface area (Å²) in [5.41, 5.74) is 1.29. The van der Waals surface area contributed by atoms with Crippen molar-refractivity contribution in [3.63, 3.8) is 0 Å². The second kappa shape index (κ2) is 11.1. The van der Waals surface area contributed by atoms with E-state index in [-0.39, 0.29) is 6.61 Å². The molecular weight excluding hydrogens is 452 g/mol. The number of hydrogen-bond acceptors (Lipinski definition) is 6. The van der Waals surface area contributed by atoms with E-state index in [9.17, 15) is 22.8 Å². The van der Waals surface area contributed by atoms with E-state index in [1.807, 2.05) is 0 Å². The zero-order valence-electron chi connectivity index (χ0n) is 16.7. The van der Waals surface area contributed by atoms with Crippen LogP contribution in [-0.2, 0) is 12.8 Å². The molecule has 11 heteroatoms. The molecule has 0 saturated heterocycles. The highest BCUT2D eigenvalue weighted by Crippen LogP contribution is 2.38. The van der Waals surface area contributed by atoms with E-state index in [1.54, 1.807) is 18.3 Å². The Labute approximate surface area is 185 Å². The molecule has 0 aliphatic heterocycles. The SMILES string of the molecule is [O-][n+]1ccc(CC(c2ccc(OC(F)F)c(OC(F)F)c2)c2ncc(CCCO)s2)cc1. The quantitative estimate of drug-likeness (QED) is 0.256. The molecule has 3 rings (SSSR count). The number of alkyl halides is 4. The predicted octanol–water partition coefficient (Wildman–Crippen LogP) is 4.28. The fraction of sp³-hybridized carbons (Fsp3) is 0.333. The molecule has 6 nitrogen and oxygen atoms in total. The topological polar surface area (TPSA) is 78.5 Å². The van der Waals surface area contributed by atoms with Gasteiger partial charge in [-0.3, -0.25) is 0 Å². The number of ether oxygens (including phenoxy) is 2. The number of thiazole rings is 1. The Morgan fingerprint density at radius 3 is 2.38 bits per heavy atom. The van der Waals surface area contributed by atoms with Crippen molar-refractivity contribution in [1.29, 1.82) is 0 Å². The summed E-state index contributed by atoms with van der Waals surface area (Å²) in [6, 6.07) is 7.14. The van der Waals surface area contributed by atoms with Crippen molar-refractivity contribution in [1.82, 2.24) is 4.98 Å². The standard InChI is InChI=1S/C21H20F4N2O4S/c22-20(23)30-17-4-3-14(11-18(17)31-21(24)25)16(10-13-5-7-27(29)8-6-13)19-26-12-15(32-19)2-1-9-28/h3-8,11-12,16,20-21,28H,1-2,9-10H2. The van der Waals surface area contributed by atoms with E-state index >= 15 is 0 Å². The molecule has 0 saturated carbocycles. The highest BCUT2D eigenvalue weighted by atomic mass is 32.1. The molecular formula is C21H20F4N2O4S. The summed E-state index contributed by atoms with van der Waals surface area (Å²) in [7, 11) is 0. The predicted molar refractivity (Wildman–Crippen MR) is 108 cm³/mol. The van der Waals surface area contributed by atoms with Gasteiger partial charge in [0.1, 0.15) is 5.01 Å². The first-order valence-corrected chi connectivity index (χ1v) is 10.4. The third kappa shape index (κ3) is 6.54. The van der Waals surface area contributed by atoms with Gasteiger partial charge in [-0.1, -0.05) is 6.07 Å². The van der Waals surface area contributed by atoms with Gasteiger partial charge in [0.15, 0.2) is 23.9 Å². The van der Waals surface area contributed by atoms with Gasteiger partial charge in [-0.25, -0.2) is 4.98 Å². The zero-order valence-corrected chi connectivity index (χ0v) is 17.5. The molecule has 0 fully saturated rings. The molecule has 2 aromatic heterocycles. The highest BCUT2D eigenvalue weighted by molar-refractivity contribution is 7.11.